The molecule has 9 nitrogen and oxygen atoms in total. The van der Waals surface area contributed by atoms with Gasteiger partial charge in [0.15, 0.2) is 27.3 Å². The SMILES string of the molecule is CCn1nc(CC(=O)[C@@H]2CCCCN2C(=O)N2CCS(=O)(=O)CC2)nc1-c1ccccc1. The Morgan fingerprint density at radius 2 is 1.78 bits per heavy atom. The summed E-state index contributed by atoms with van der Waals surface area (Å²) >= 11 is 0. The Kier molecular flexibility index (Phi) is 6.59. The van der Waals surface area contributed by atoms with Crippen molar-refractivity contribution in [3.05, 3.63) is 36.2 Å². The number of piperidine rings is 1. The average Bonchev–Trinajstić information content (AvgIpc) is 3.22. The Hall–Kier alpha value is -2.75. The molecular formula is C22H29N5O4S. The Balaban J connectivity index is 1.48. The van der Waals surface area contributed by atoms with E-state index in [-0.39, 0.29) is 42.8 Å². The van der Waals surface area contributed by atoms with Gasteiger partial charge in [-0.1, -0.05) is 30.3 Å². The summed E-state index contributed by atoms with van der Waals surface area (Å²) in [7, 11) is -3.08. The number of Topliss-reactive ketones (excluding diaryl/α,β-unsaturated/α-hetero) is 1. The van der Waals surface area contributed by atoms with E-state index in [9.17, 15) is 18.0 Å². The summed E-state index contributed by atoms with van der Waals surface area (Å²) in [4.78, 5) is 34.1. The van der Waals surface area contributed by atoms with Crippen LogP contribution in [0.3, 0.4) is 0 Å². The van der Waals surface area contributed by atoms with Crippen molar-refractivity contribution in [3.8, 4) is 11.4 Å². The van der Waals surface area contributed by atoms with Crippen LogP contribution < -0.4 is 0 Å². The van der Waals surface area contributed by atoms with Crippen molar-refractivity contribution in [1.29, 1.82) is 0 Å². The van der Waals surface area contributed by atoms with Gasteiger partial charge in [-0.2, -0.15) is 5.10 Å². The summed E-state index contributed by atoms with van der Waals surface area (Å²) in [5.74, 6) is 1.06. The first-order chi connectivity index (χ1) is 15.4. The number of hydrogen-bond donors (Lipinski definition) is 0. The highest BCUT2D eigenvalue weighted by molar-refractivity contribution is 7.91. The maximum absolute atomic E-state index is 13.2. The molecule has 2 fully saturated rings. The van der Waals surface area contributed by atoms with Gasteiger partial charge in [-0.25, -0.2) is 22.9 Å². The van der Waals surface area contributed by atoms with E-state index in [1.54, 1.807) is 14.5 Å². The number of hydrogen-bond acceptors (Lipinski definition) is 6. The van der Waals surface area contributed by atoms with Crippen molar-refractivity contribution >= 4 is 21.7 Å². The molecule has 0 N–H and O–H groups in total. The van der Waals surface area contributed by atoms with E-state index in [0.29, 0.717) is 25.3 Å². The van der Waals surface area contributed by atoms with Crippen molar-refractivity contribution in [3.63, 3.8) is 0 Å². The molecular weight excluding hydrogens is 430 g/mol. The molecule has 2 amide bonds. The zero-order chi connectivity index (χ0) is 22.7. The fourth-order valence-corrected chi connectivity index (χ4v) is 5.54. The van der Waals surface area contributed by atoms with Crippen molar-refractivity contribution in [2.45, 2.75) is 45.2 Å². The smallest absolute Gasteiger partial charge is 0.320 e. The zero-order valence-electron chi connectivity index (χ0n) is 18.3. The molecule has 3 heterocycles. The van der Waals surface area contributed by atoms with Gasteiger partial charge in [0.05, 0.1) is 24.0 Å². The normalized spacial score (nSPS) is 20.8. The summed E-state index contributed by atoms with van der Waals surface area (Å²) in [5, 5.41) is 4.52. The number of carbonyl (C=O) groups is 2. The Bertz CT molecular complexity index is 1070. The molecule has 1 atom stereocenters. The van der Waals surface area contributed by atoms with Crippen molar-refractivity contribution in [2.75, 3.05) is 31.1 Å². The van der Waals surface area contributed by atoms with Gasteiger partial charge in [-0.3, -0.25) is 4.79 Å². The van der Waals surface area contributed by atoms with Crippen molar-refractivity contribution < 1.29 is 18.0 Å². The van der Waals surface area contributed by atoms with Crippen LogP contribution in [0.1, 0.15) is 32.0 Å². The third-order valence-corrected chi connectivity index (χ3v) is 7.72. The minimum atomic E-state index is -3.08. The number of benzene rings is 1. The number of rotatable bonds is 5. The minimum absolute atomic E-state index is 0.0220. The molecule has 0 aliphatic carbocycles. The van der Waals surface area contributed by atoms with E-state index >= 15 is 0 Å². The number of aryl methyl sites for hydroxylation is 1. The Morgan fingerprint density at radius 1 is 1.06 bits per heavy atom. The maximum Gasteiger partial charge on any atom is 0.320 e. The molecule has 2 saturated heterocycles. The number of amides is 2. The van der Waals surface area contributed by atoms with Crippen LogP contribution in [0.4, 0.5) is 4.79 Å². The molecule has 0 spiro atoms. The molecule has 2 aromatic rings. The second kappa shape index (κ2) is 9.40. The third kappa shape index (κ3) is 4.85. The standard InChI is InChI=1S/C22H29N5O4S/c1-2-27-21(17-8-4-3-5-9-17)23-20(24-27)16-19(28)18-10-6-7-11-26(18)22(29)25-12-14-32(30,31)15-13-25/h3-5,8-9,18H,2,6-7,10-16H2,1H3/t18-/m0/s1. The molecule has 0 bridgehead atoms. The predicted molar refractivity (Wildman–Crippen MR) is 120 cm³/mol. The van der Waals surface area contributed by atoms with E-state index in [0.717, 1.165) is 24.2 Å². The number of likely N-dealkylation sites (tertiary alicyclic amines) is 1. The Labute approximate surface area is 188 Å². The van der Waals surface area contributed by atoms with Crippen LogP contribution in [0.15, 0.2) is 30.3 Å². The molecule has 32 heavy (non-hydrogen) atoms. The molecule has 1 aromatic heterocycles. The van der Waals surface area contributed by atoms with E-state index in [1.165, 1.54) is 0 Å². The monoisotopic (exact) mass is 459 g/mol. The molecule has 1 aromatic carbocycles. The lowest BCUT2D eigenvalue weighted by Gasteiger charge is -2.39. The van der Waals surface area contributed by atoms with Gasteiger partial charge in [0, 0.05) is 31.7 Å². The summed E-state index contributed by atoms with van der Waals surface area (Å²) < 4.78 is 25.2. The summed E-state index contributed by atoms with van der Waals surface area (Å²) in [6.45, 7) is 3.48. The van der Waals surface area contributed by atoms with Crippen LogP contribution in [-0.4, -0.2) is 82.0 Å². The minimum Gasteiger partial charge on any atom is -0.323 e. The van der Waals surface area contributed by atoms with Gasteiger partial charge in [-0.15, -0.1) is 0 Å². The third-order valence-electron chi connectivity index (χ3n) is 6.11. The zero-order valence-corrected chi connectivity index (χ0v) is 19.1. The van der Waals surface area contributed by atoms with Crippen LogP contribution in [0.5, 0.6) is 0 Å². The average molecular weight is 460 g/mol. The van der Waals surface area contributed by atoms with Crippen LogP contribution in [0.2, 0.25) is 0 Å². The lowest BCUT2D eigenvalue weighted by Crippen LogP contribution is -2.56. The molecule has 10 heteroatoms. The maximum atomic E-state index is 13.2. The summed E-state index contributed by atoms with van der Waals surface area (Å²) in [6, 6.07) is 8.97. The first-order valence-corrected chi connectivity index (χ1v) is 13.0. The number of urea groups is 1. The van der Waals surface area contributed by atoms with Gasteiger partial charge >= 0.3 is 6.03 Å². The van der Waals surface area contributed by atoms with Crippen LogP contribution in [0, 0.1) is 0 Å². The number of sulfone groups is 1. The topological polar surface area (TPSA) is 105 Å². The van der Waals surface area contributed by atoms with Gasteiger partial charge < -0.3 is 9.80 Å². The first kappa shape index (κ1) is 22.4. The van der Waals surface area contributed by atoms with Crippen LogP contribution in [0.25, 0.3) is 11.4 Å². The van der Waals surface area contributed by atoms with Gasteiger partial charge in [0.2, 0.25) is 0 Å². The second-order valence-electron chi connectivity index (χ2n) is 8.30. The quantitative estimate of drug-likeness (QED) is 0.675. The molecule has 172 valence electrons. The van der Waals surface area contributed by atoms with Crippen LogP contribution >= 0.6 is 0 Å². The number of aromatic nitrogens is 3. The lowest BCUT2D eigenvalue weighted by atomic mass is 9.97. The number of ketones is 1. The highest BCUT2D eigenvalue weighted by Gasteiger charge is 2.36. The largest absolute Gasteiger partial charge is 0.323 e. The van der Waals surface area contributed by atoms with Crippen molar-refractivity contribution in [2.24, 2.45) is 0 Å². The van der Waals surface area contributed by atoms with Gasteiger partial charge in [0.1, 0.15) is 0 Å². The fourth-order valence-electron chi connectivity index (χ4n) is 4.34. The number of carbonyl (C=O) groups excluding carboxylic acids is 2. The van der Waals surface area contributed by atoms with Gasteiger partial charge in [-0.05, 0) is 26.2 Å². The molecule has 4 rings (SSSR count). The summed E-state index contributed by atoms with van der Waals surface area (Å²) in [5.41, 5.74) is 0.940. The number of nitrogens with zero attached hydrogens (tertiary/aromatic N) is 5. The Morgan fingerprint density at radius 3 is 2.47 bits per heavy atom. The fraction of sp³-hybridized carbons (Fsp3) is 0.545. The second-order valence-corrected chi connectivity index (χ2v) is 10.6. The molecule has 0 saturated carbocycles. The van der Waals surface area contributed by atoms with E-state index in [1.807, 2.05) is 37.3 Å². The van der Waals surface area contributed by atoms with Crippen LogP contribution in [-0.2, 0) is 27.6 Å². The van der Waals surface area contributed by atoms with Crippen molar-refractivity contribution in [1.82, 2.24) is 24.6 Å². The summed E-state index contributed by atoms with van der Waals surface area (Å²) in [6.07, 6.45) is 2.38. The highest BCUT2D eigenvalue weighted by atomic mass is 32.2. The molecule has 0 radical (unpaired) electrons. The predicted octanol–water partition coefficient (Wildman–Crippen LogP) is 1.78. The molecule has 2 aliphatic rings. The highest BCUT2D eigenvalue weighted by Crippen LogP contribution is 2.23. The van der Waals surface area contributed by atoms with Gasteiger partial charge in [0.25, 0.3) is 0 Å². The van der Waals surface area contributed by atoms with E-state index in [4.69, 9.17) is 0 Å². The molecule has 2 aliphatic heterocycles. The first-order valence-electron chi connectivity index (χ1n) is 11.2. The molecule has 0 unspecified atom stereocenters. The lowest BCUT2D eigenvalue weighted by molar-refractivity contribution is -0.124. The van der Waals surface area contributed by atoms with E-state index in [2.05, 4.69) is 10.1 Å². The van der Waals surface area contributed by atoms with E-state index < -0.39 is 15.9 Å².